The van der Waals surface area contributed by atoms with Crippen LogP contribution in [0.2, 0.25) is 0 Å². The van der Waals surface area contributed by atoms with Gasteiger partial charge in [0.15, 0.2) is 11.5 Å². The summed E-state index contributed by atoms with van der Waals surface area (Å²) < 4.78 is 11.5. The zero-order chi connectivity index (χ0) is 21.0. The second-order valence-electron chi connectivity index (χ2n) is 7.87. The highest BCUT2D eigenvalue weighted by molar-refractivity contribution is 5.91. The van der Waals surface area contributed by atoms with E-state index in [-0.39, 0.29) is 11.3 Å². The summed E-state index contributed by atoms with van der Waals surface area (Å²) in [6, 6.07) is 26.0. The molecule has 0 heterocycles. The van der Waals surface area contributed by atoms with Gasteiger partial charge in [0.05, 0.1) is 12.5 Å². The molecule has 3 aromatic carbocycles. The Balaban J connectivity index is 1.43. The van der Waals surface area contributed by atoms with Crippen LogP contribution in [0.1, 0.15) is 29.5 Å². The molecule has 0 atom stereocenters. The Bertz CT molecular complexity index is 997. The minimum absolute atomic E-state index is 0.178. The third-order valence-corrected chi connectivity index (χ3v) is 5.72. The molecular weight excluding hydrogens is 374 g/mol. The number of hydrogen-bond acceptors (Lipinski definition) is 3. The Morgan fingerprint density at radius 1 is 0.900 bits per heavy atom. The standard InChI is InChI=1S/C26H27NO3/c1-27(25(28)26(15-16-26)22-11-7-4-8-12-22)18-21-13-14-23(24(17-21)29-2)30-19-20-9-5-3-6-10-20/h3-14,17H,15-16,18-19H2,1-2H3. The summed E-state index contributed by atoms with van der Waals surface area (Å²) in [4.78, 5) is 15.0. The van der Waals surface area contributed by atoms with Gasteiger partial charge in [-0.05, 0) is 41.7 Å². The molecule has 1 aliphatic carbocycles. The monoisotopic (exact) mass is 401 g/mol. The summed E-state index contributed by atoms with van der Waals surface area (Å²) in [5.74, 6) is 1.55. The molecule has 154 valence electrons. The van der Waals surface area contributed by atoms with Crippen molar-refractivity contribution in [1.82, 2.24) is 4.90 Å². The minimum Gasteiger partial charge on any atom is -0.493 e. The predicted molar refractivity (Wildman–Crippen MR) is 118 cm³/mol. The van der Waals surface area contributed by atoms with Crippen LogP contribution in [0.4, 0.5) is 0 Å². The van der Waals surface area contributed by atoms with Crippen LogP contribution in [-0.2, 0) is 23.4 Å². The molecule has 4 nitrogen and oxygen atoms in total. The number of hydrogen-bond donors (Lipinski definition) is 0. The van der Waals surface area contributed by atoms with E-state index in [1.54, 1.807) is 7.11 Å². The molecule has 30 heavy (non-hydrogen) atoms. The van der Waals surface area contributed by atoms with Crippen molar-refractivity contribution < 1.29 is 14.3 Å². The van der Waals surface area contributed by atoms with Crippen molar-refractivity contribution >= 4 is 5.91 Å². The summed E-state index contributed by atoms with van der Waals surface area (Å²) >= 11 is 0. The van der Waals surface area contributed by atoms with Crippen molar-refractivity contribution in [3.05, 3.63) is 95.6 Å². The lowest BCUT2D eigenvalue weighted by molar-refractivity contribution is -0.133. The molecule has 0 aromatic heterocycles. The second kappa shape index (κ2) is 8.62. The van der Waals surface area contributed by atoms with Crippen molar-refractivity contribution in [3.63, 3.8) is 0 Å². The van der Waals surface area contributed by atoms with Crippen LogP contribution in [0, 0.1) is 0 Å². The third-order valence-electron chi connectivity index (χ3n) is 5.72. The smallest absolute Gasteiger partial charge is 0.233 e. The first kappa shape index (κ1) is 20.0. The molecule has 1 fully saturated rings. The number of ether oxygens (including phenoxy) is 2. The molecule has 0 N–H and O–H groups in total. The predicted octanol–water partition coefficient (Wildman–Crippen LogP) is 4.96. The van der Waals surface area contributed by atoms with E-state index in [4.69, 9.17) is 9.47 Å². The average molecular weight is 402 g/mol. The van der Waals surface area contributed by atoms with Crippen LogP contribution in [0.5, 0.6) is 11.5 Å². The highest BCUT2D eigenvalue weighted by atomic mass is 16.5. The van der Waals surface area contributed by atoms with E-state index in [0.29, 0.717) is 24.7 Å². The van der Waals surface area contributed by atoms with E-state index >= 15 is 0 Å². The molecule has 0 spiro atoms. The van der Waals surface area contributed by atoms with E-state index < -0.39 is 0 Å². The number of methoxy groups -OCH3 is 1. The highest BCUT2D eigenvalue weighted by Crippen LogP contribution is 2.49. The van der Waals surface area contributed by atoms with Gasteiger partial charge in [0.2, 0.25) is 5.91 Å². The van der Waals surface area contributed by atoms with Crippen LogP contribution >= 0.6 is 0 Å². The number of carbonyl (C=O) groups is 1. The highest BCUT2D eigenvalue weighted by Gasteiger charge is 2.52. The third kappa shape index (κ3) is 4.18. The lowest BCUT2D eigenvalue weighted by atomic mass is 9.94. The lowest BCUT2D eigenvalue weighted by Crippen LogP contribution is -2.36. The zero-order valence-corrected chi connectivity index (χ0v) is 17.5. The lowest BCUT2D eigenvalue weighted by Gasteiger charge is -2.24. The topological polar surface area (TPSA) is 38.8 Å². The number of likely N-dealkylation sites (N-methyl/N-ethyl adjacent to an activating group) is 1. The molecule has 0 bridgehead atoms. The van der Waals surface area contributed by atoms with Gasteiger partial charge >= 0.3 is 0 Å². The Hall–Kier alpha value is -3.27. The molecule has 0 radical (unpaired) electrons. The Morgan fingerprint density at radius 2 is 1.57 bits per heavy atom. The van der Waals surface area contributed by atoms with Gasteiger partial charge in [-0.2, -0.15) is 0 Å². The Morgan fingerprint density at radius 3 is 2.20 bits per heavy atom. The van der Waals surface area contributed by atoms with Gasteiger partial charge in [-0.3, -0.25) is 4.79 Å². The fourth-order valence-electron chi connectivity index (χ4n) is 3.88. The van der Waals surface area contributed by atoms with Crippen LogP contribution in [0.3, 0.4) is 0 Å². The molecule has 3 aromatic rings. The van der Waals surface area contributed by atoms with Gasteiger partial charge in [0, 0.05) is 13.6 Å². The van der Waals surface area contributed by atoms with Gasteiger partial charge in [-0.1, -0.05) is 66.7 Å². The first-order valence-electron chi connectivity index (χ1n) is 10.3. The fourth-order valence-corrected chi connectivity index (χ4v) is 3.88. The molecule has 0 aliphatic heterocycles. The summed E-state index contributed by atoms with van der Waals surface area (Å²) in [5.41, 5.74) is 2.88. The van der Waals surface area contributed by atoms with Crippen molar-refractivity contribution in [1.29, 1.82) is 0 Å². The largest absolute Gasteiger partial charge is 0.493 e. The molecule has 1 aliphatic rings. The quantitative estimate of drug-likeness (QED) is 0.535. The molecule has 1 saturated carbocycles. The van der Waals surface area contributed by atoms with E-state index in [9.17, 15) is 4.79 Å². The summed E-state index contributed by atoms with van der Waals surface area (Å²) in [7, 11) is 3.51. The van der Waals surface area contributed by atoms with Crippen molar-refractivity contribution in [2.75, 3.05) is 14.2 Å². The van der Waals surface area contributed by atoms with Crippen molar-refractivity contribution in [2.24, 2.45) is 0 Å². The van der Waals surface area contributed by atoms with Gasteiger partial charge in [-0.15, -0.1) is 0 Å². The van der Waals surface area contributed by atoms with E-state index in [1.807, 2.05) is 78.7 Å². The molecule has 0 unspecified atom stereocenters. The van der Waals surface area contributed by atoms with Crippen LogP contribution < -0.4 is 9.47 Å². The first-order valence-corrected chi connectivity index (χ1v) is 10.3. The van der Waals surface area contributed by atoms with E-state index in [1.165, 1.54) is 0 Å². The number of amides is 1. The number of benzene rings is 3. The number of carbonyl (C=O) groups excluding carboxylic acids is 1. The SMILES string of the molecule is COc1cc(CN(C)C(=O)C2(c3ccccc3)CC2)ccc1OCc1ccccc1. The summed E-state index contributed by atoms with van der Waals surface area (Å²) in [6.07, 6.45) is 1.82. The maximum Gasteiger partial charge on any atom is 0.233 e. The molecule has 4 heteroatoms. The number of rotatable bonds is 8. The van der Waals surface area contributed by atoms with Gasteiger partial charge < -0.3 is 14.4 Å². The average Bonchev–Trinajstić information content (AvgIpc) is 3.61. The molecular formula is C26H27NO3. The van der Waals surface area contributed by atoms with E-state index in [0.717, 1.165) is 29.5 Å². The Labute approximate surface area is 178 Å². The minimum atomic E-state index is -0.348. The van der Waals surface area contributed by atoms with Gasteiger partial charge in [0.1, 0.15) is 6.61 Å². The van der Waals surface area contributed by atoms with Crippen molar-refractivity contribution in [2.45, 2.75) is 31.4 Å². The molecule has 1 amide bonds. The normalized spacial score (nSPS) is 14.1. The summed E-state index contributed by atoms with van der Waals surface area (Å²) in [6.45, 7) is 1.01. The summed E-state index contributed by atoms with van der Waals surface area (Å²) in [5, 5.41) is 0. The molecule has 0 saturated heterocycles. The first-order chi connectivity index (χ1) is 14.6. The van der Waals surface area contributed by atoms with Gasteiger partial charge in [0.25, 0.3) is 0 Å². The zero-order valence-electron chi connectivity index (χ0n) is 17.5. The van der Waals surface area contributed by atoms with Crippen LogP contribution in [0.25, 0.3) is 0 Å². The Kier molecular flexibility index (Phi) is 5.75. The fraction of sp³-hybridized carbons (Fsp3) is 0.269. The van der Waals surface area contributed by atoms with Gasteiger partial charge in [-0.25, -0.2) is 0 Å². The van der Waals surface area contributed by atoms with Crippen molar-refractivity contribution in [3.8, 4) is 11.5 Å². The van der Waals surface area contributed by atoms with E-state index in [2.05, 4.69) is 12.1 Å². The maximum absolute atomic E-state index is 13.2. The second-order valence-corrected chi connectivity index (χ2v) is 7.87. The number of nitrogens with zero attached hydrogens (tertiary/aromatic N) is 1. The van der Waals surface area contributed by atoms with Crippen LogP contribution in [-0.4, -0.2) is 25.0 Å². The molecule has 4 rings (SSSR count). The maximum atomic E-state index is 13.2. The van der Waals surface area contributed by atoms with Crippen LogP contribution in [0.15, 0.2) is 78.9 Å².